The molecule has 0 atom stereocenters. The summed E-state index contributed by atoms with van der Waals surface area (Å²) in [7, 11) is 0. The minimum Gasteiger partial charge on any atom is -0.362 e. The van der Waals surface area contributed by atoms with E-state index in [-0.39, 0.29) is 10.0 Å². The minimum absolute atomic E-state index is 0.190. The maximum atomic E-state index is 14.0. The third kappa shape index (κ3) is 2.95. The maximum absolute atomic E-state index is 14.0. The van der Waals surface area contributed by atoms with Gasteiger partial charge in [0.15, 0.2) is 5.82 Å². The van der Waals surface area contributed by atoms with Crippen molar-refractivity contribution in [2.75, 3.05) is 18.0 Å². The van der Waals surface area contributed by atoms with Gasteiger partial charge in [0.25, 0.3) is 0 Å². The summed E-state index contributed by atoms with van der Waals surface area (Å²) in [6, 6.07) is 5.09. The highest BCUT2D eigenvalue weighted by molar-refractivity contribution is 9.10. The Hall–Kier alpha value is -1.60. The third-order valence-corrected chi connectivity index (χ3v) is 3.00. The Balaban J connectivity index is 3.21. The molecule has 0 aliphatic rings. The minimum atomic E-state index is -0.437. The molecule has 2 nitrogen and oxygen atoms in total. The van der Waals surface area contributed by atoms with E-state index < -0.39 is 5.82 Å². The Morgan fingerprint density at radius 3 is 2.41 bits per heavy atom. The van der Waals surface area contributed by atoms with Gasteiger partial charge in [-0.15, -0.1) is 13.2 Å². The maximum Gasteiger partial charge on any atom is 0.162 e. The van der Waals surface area contributed by atoms with Gasteiger partial charge in [0.1, 0.15) is 6.07 Å². The van der Waals surface area contributed by atoms with E-state index in [4.69, 9.17) is 5.26 Å². The van der Waals surface area contributed by atoms with Crippen LogP contribution in [-0.4, -0.2) is 13.1 Å². The molecule has 88 valence electrons. The second-order valence-corrected chi connectivity index (χ2v) is 4.15. The number of hydrogen-bond acceptors (Lipinski definition) is 2. The predicted molar refractivity (Wildman–Crippen MR) is 71.4 cm³/mol. The van der Waals surface area contributed by atoms with Crippen molar-refractivity contribution in [2.24, 2.45) is 0 Å². The van der Waals surface area contributed by atoms with Gasteiger partial charge in [0, 0.05) is 13.1 Å². The highest BCUT2D eigenvalue weighted by Gasteiger charge is 2.14. The first-order valence-electron chi connectivity index (χ1n) is 5.00. The topological polar surface area (TPSA) is 27.0 Å². The molecule has 0 N–H and O–H groups in total. The van der Waals surface area contributed by atoms with Gasteiger partial charge in [-0.05, 0) is 28.1 Å². The fourth-order valence-corrected chi connectivity index (χ4v) is 1.88. The van der Waals surface area contributed by atoms with E-state index in [9.17, 15) is 4.39 Å². The predicted octanol–water partition coefficient (Wildman–Crippen LogP) is 3.64. The fraction of sp³-hybridized carbons (Fsp3) is 0.154. The van der Waals surface area contributed by atoms with Crippen molar-refractivity contribution in [2.45, 2.75) is 0 Å². The second-order valence-electron chi connectivity index (χ2n) is 3.35. The van der Waals surface area contributed by atoms with E-state index in [1.807, 2.05) is 6.07 Å². The lowest BCUT2D eigenvalue weighted by Crippen LogP contribution is -2.24. The lowest BCUT2D eigenvalue weighted by Gasteiger charge is -2.22. The van der Waals surface area contributed by atoms with Gasteiger partial charge >= 0.3 is 0 Å². The summed E-state index contributed by atoms with van der Waals surface area (Å²) in [5.74, 6) is -0.437. The number of hydrogen-bond donors (Lipinski definition) is 0. The normalized spacial score (nSPS) is 9.47. The molecule has 17 heavy (non-hydrogen) atoms. The van der Waals surface area contributed by atoms with Crippen molar-refractivity contribution in [3.63, 3.8) is 0 Å². The van der Waals surface area contributed by atoms with Gasteiger partial charge in [-0.1, -0.05) is 12.2 Å². The van der Waals surface area contributed by atoms with Crippen LogP contribution in [0, 0.1) is 17.1 Å². The third-order valence-electron chi connectivity index (χ3n) is 2.22. The smallest absolute Gasteiger partial charge is 0.162 e. The molecular formula is C13H12BrFN2. The molecule has 0 unspecified atom stereocenters. The fourth-order valence-electron chi connectivity index (χ4n) is 1.45. The van der Waals surface area contributed by atoms with Gasteiger partial charge in [0.2, 0.25) is 0 Å². The average molecular weight is 295 g/mol. The van der Waals surface area contributed by atoms with Crippen LogP contribution in [0.3, 0.4) is 0 Å². The van der Waals surface area contributed by atoms with Crippen molar-refractivity contribution in [1.29, 1.82) is 5.26 Å². The lowest BCUT2D eigenvalue weighted by atomic mass is 10.2. The highest BCUT2D eigenvalue weighted by Crippen LogP contribution is 2.29. The number of rotatable bonds is 5. The van der Waals surface area contributed by atoms with Crippen LogP contribution in [0.4, 0.5) is 10.1 Å². The second kappa shape index (κ2) is 6.21. The molecule has 0 saturated carbocycles. The molecule has 1 rings (SSSR count). The molecule has 0 heterocycles. The molecule has 4 heteroatoms. The standard InChI is InChI=1S/C13H12BrFN2/c1-3-7-17(8-4-2)11-6-5-10(9-16)12(14)13(11)15/h3-6H,1-2,7-8H2. The molecule has 0 bridgehead atoms. The Kier molecular flexibility index (Phi) is 4.92. The van der Waals surface area contributed by atoms with E-state index >= 15 is 0 Å². The van der Waals surface area contributed by atoms with Crippen LogP contribution < -0.4 is 4.90 Å². The molecule has 1 aromatic rings. The molecule has 0 aliphatic heterocycles. The zero-order chi connectivity index (χ0) is 12.8. The van der Waals surface area contributed by atoms with Crippen molar-refractivity contribution < 1.29 is 4.39 Å². The number of benzene rings is 1. The van der Waals surface area contributed by atoms with Crippen LogP contribution >= 0.6 is 15.9 Å². The molecule has 0 aromatic heterocycles. The van der Waals surface area contributed by atoms with E-state index in [1.54, 1.807) is 29.2 Å². The van der Waals surface area contributed by atoms with Crippen LogP contribution in [0.1, 0.15) is 5.56 Å². The first kappa shape index (κ1) is 13.5. The first-order valence-corrected chi connectivity index (χ1v) is 5.79. The molecule has 0 spiro atoms. The van der Waals surface area contributed by atoms with Crippen LogP contribution in [0.5, 0.6) is 0 Å². The van der Waals surface area contributed by atoms with E-state index in [0.29, 0.717) is 18.8 Å². The van der Waals surface area contributed by atoms with Gasteiger partial charge < -0.3 is 4.90 Å². The van der Waals surface area contributed by atoms with E-state index in [0.717, 1.165) is 0 Å². The number of nitrogens with zero attached hydrogens (tertiary/aromatic N) is 2. The van der Waals surface area contributed by atoms with Crippen LogP contribution in [0.2, 0.25) is 0 Å². The van der Waals surface area contributed by atoms with Gasteiger partial charge in [-0.3, -0.25) is 0 Å². The van der Waals surface area contributed by atoms with E-state index in [1.165, 1.54) is 0 Å². The Morgan fingerprint density at radius 1 is 1.35 bits per heavy atom. The molecule has 0 amide bonds. The highest BCUT2D eigenvalue weighted by atomic mass is 79.9. The van der Waals surface area contributed by atoms with Crippen LogP contribution in [0.25, 0.3) is 0 Å². The first-order chi connectivity index (χ1) is 8.15. The summed E-state index contributed by atoms with van der Waals surface area (Å²) in [5, 5.41) is 8.79. The molecule has 0 fully saturated rings. The van der Waals surface area contributed by atoms with Gasteiger partial charge in [-0.2, -0.15) is 5.26 Å². The summed E-state index contributed by atoms with van der Waals surface area (Å²) in [5.41, 5.74) is 0.707. The van der Waals surface area contributed by atoms with E-state index in [2.05, 4.69) is 29.1 Å². The van der Waals surface area contributed by atoms with Crippen LogP contribution in [-0.2, 0) is 0 Å². The summed E-state index contributed by atoms with van der Waals surface area (Å²) >= 11 is 3.09. The molecule has 0 aliphatic carbocycles. The zero-order valence-electron chi connectivity index (χ0n) is 9.29. The SMILES string of the molecule is C=CCN(CC=C)c1ccc(C#N)c(Br)c1F. The summed E-state index contributed by atoms with van der Waals surface area (Å²) < 4.78 is 14.2. The largest absolute Gasteiger partial charge is 0.362 e. The molecule has 0 radical (unpaired) electrons. The van der Waals surface area contributed by atoms with Crippen molar-refractivity contribution in [1.82, 2.24) is 0 Å². The van der Waals surface area contributed by atoms with Crippen LogP contribution in [0.15, 0.2) is 41.9 Å². The Bertz CT molecular complexity index is 467. The quantitative estimate of drug-likeness (QED) is 0.775. The van der Waals surface area contributed by atoms with Gasteiger partial charge in [-0.25, -0.2) is 4.39 Å². The lowest BCUT2D eigenvalue weighted by molar-refractivity contribution is 0.616. The van der Waals surface area contributed by atoms with Gasteiger partial charge in [0.05, 0.1) is 15.7 Å². The molecule has 1 aromatic carbocycles. The summed E-state index contributed by atoms with van der Waals surface area (Å²) in [4.78, 5) is 1.78. The number of nitriles is 1. The van der Waals surface area contributed by atoms with Crippen molar-refractivity contribution >= 4 is 21.6 Å². The summed E-state index contributed by atoms with van der Waals surface area (Å²) in [6.45, 7) is 8.29. The van der Waals surface area contributed by atoms with Crippen molar-refractivity contribution in [3.8, 4) is 6.07 Å². The zero-order valence-corrected chi connectivity index (χ0v) is 10.9. The number of halogens is 2. The number of anilines is 1. The Morgan fingerprint density at radius 2 is 1.94 bits per heavy atom. The monoisotopic (exact) mass is 294 g/mol. The summed E-state index contributed by atoms with van der Waals surface area (Å²) in [6.07, 6.45) is 3.38. The molecule has 0 saturated heterocycles. The molecular weight excluding hydrogens is 283 g/mol. The Labute approximate surface area is 109 Å². The van der Waals surface area contributed by atoms with Crippen molar-refractivity contribution in [3.05, 3.63) is 53.3 Å². The average Bonchev–Trinajstić information content (AvgIpc) is 2.32.